The van der Waals surface area contributed by atoms with Crippen molar-refractivity contribution in [2.45, 2.75) is 19.3 Å². The zero-order valence-electron chi connectivity index (χ0n) is 12.1. The Balaban J connectivity index is 1.82. The molecule has 1 atom stereocenters. The Bertz CT molecular complexity index is 521. The van der Waals surface area contributed by atoms with Gasteiger partial charge in [-0.25, -0.2) is 9.18 Å². The van der Waals surface area contributed by atoms with Crippen LogP contribution < -0.4 is 10.6 Å². The molecule has 0 aromatic heterocycles. The maximum atomic E-state index is 13.2. The SMILES string of the molecule is CCNC(=O)NC(=O)CN1CCC(c2cccc(F)c2)C1. The van der Waals surface area contributed by atoms with Crippen LogP contribution in [0.4, 0.5) is 9.18 Å². The third-order valence-corrected chi connectivity index (χ3v) is 3.55. The largest absolute Gasteiger partial charge is 0.338 e. The molecule has 5 nitrogen and oxygen atoms in total. The number of nitrogens with one attached hydrogen (secondary N) is 2. The van der Waals surface area contributed by atoms with Crippen LogP contribution in [0, 0.1) is 5.82 Å². The minimum atomic E-state index is -0.469. The third-order valence-electron chi connectivity index (χ3n) is 3.55. The predicted octanol–water partition coefficient (Wildman–Crippen LogP) is 1.46. The van der Waals surface area contributed by atoms with Crippen molar-refractivity contribution in [3.05, 3.63) is 35.6 Å². The molecule has 0 spiro atoms. The molecule has 2 N–H and O–H groups in total. The topological polar surface area (TPSA) is 61.4 Å². The van der Waals surface area contributed by atoms with Crippen LogP contribution in [0.1, 0.15) is 24.8 Å². The number of halogens is 1. The summed E-state index contributed by atoms with van der Waals surface area (Å²) in [6, 6.07) is 6.11. The fraction of sp³-hybridized carbons (Fsp3) is 0.467. The highest BCUT2D eigenvalue weighted by Gasteiger charge is 2.25. The maximum absolute atomic E-state index is 13.2. The first kappa shape index (κ1) is 15.4. The molecule has 1 aromatic carbocycles. The first-order chi connectivity index (χ1) is 10.1. The molecule has 1 unspecified atom stereocenters. The first-order valence-electron chi connectivity index (χ1n) is 7.14. The summed E-state index contributed by atoms with van der Waals surface area (Å²) in [5, 5.41) is 4.79. The van der Waals surface area contributed by atoms with Gasteiger partial charge in [0.1, 0.15) is 5.82 Å². The molecule has 0 radical (unpaired) electrons. The van der Waals surface area contributed by atoms with Crippen molar-refractivity contribution in [1.82, 2.24) is 15.5 Å². The van der Waals surface area contributed by atoms with Gasteiger partial charge < -0.3 is 5.32 Å². The molecule has 1 aliphatic rings. The summed E-state index contributed by atoms with van der Waals surface area (Å²) in [7, 11) is 0. The van der Waals surface area contributed by atoms with Crippen molar-refractivity contribution < 1.29 is 14.0 Å². The van der Waals surface area contributed by atoms with Gasteiger partial charge in [-0.05, 0) is 43.5 Å². The van der Waals surface area contributed by atoms with Gasteiger partial charge in [-0.15, -0.1) is 0 Å². The molecule has 3 amide bonds. The Labute approximate surface area is 123 Å². The molecule has 114 valence electrons. The van der Waals surface area contributed by atoms with Crippen molar-refractivity contribution in [3.8, 4) is 0 Å². The van der Waals surface area contributed by atoms with E-state index >= 15 is 0 Å². The van der Waals surface area contributed by atoms with Crippen molar-refractivity contribution >= 4 is 11.9 Å². The number of nitrogens with zero attached hydrogens (tertiary/aromatic N) is 1. The summed E-state index contributed by atoms with van der Waals surface area (Å²) in [5.41, 5.74) is 0.960. The lowest BCUT2D eigenvalue weighted by atomic mass is 9.98. The van der Waals surface area contributed by atoms with Crippen LogP contribution >= 0.6 is 0 Å². The normalized spacial score (nSPS) is 18.5. The standard InChI is InChI=1S/C15H20FN3O2/c1-2-17-15(21)18-14(20)10-19-7-6-12(9-19)11-4-3-5-13(16)8-11/h3-5,8,12H,2,6-7,9-10H2,1H3,(H2,17,18,20,21). The third kappa shape index (κ3) is 4.53. The Kier molecular flexibility index (Phi) is 5.27. The number of hydrogen-bond donors (Lipinski definition) is 2. The van der Waals surface area contributed by atoms with Gasteiger partial charge in [-0.2, -0.15) is 0 Å². The number of rotatable bonds is 4. The highest BCUT2D eigenvalue weighted by Crippen LogP contribution is 2.27. The second-order valence-corrected chi connectivity index (χ2v) is 5.18. The van der Waals surface area contributed by atoms with Crippen LogP contribution in [-0.4, -0.2) is 43.0 Å². The number of imide groups is 1. The molecule has 1 aromatic rings. The molecule has 0 bridgehead atoms. The van der Waals surface area contributed by atoms with Gasteiger partial charge in [-0.1, -0.05) is 12.1 Å². The van der Waals surface area contributed by atoms with Crippen LogP contribution in [0.3, 0.4) is 0 Å². The highest BCUT2D eigenvalue weighted by molar-refractivity contribution is 5.95. The van der Waals surface area contributed by atoms with Gasteiger partial charge in [0.05, 0.1) is 6.54 Å². The van der Waals surface area contributed by atoms with Gasteiger partial charge in [-0.3, -0.25) is 15.0 Å². The van der Waals surface area contributed by atoms with Gasteiger partial charge in [0.25, 0.3) is 0 Å². The Morgan fingerprint density at radius 3 is 2.95 bits per heavy atom. The molecule has 1 aliphatic heterocycles. The molecule has 2 rings (SSSR count). The number of carbonyl (C=O) groups is 2. The fourth-order valence-corrected chi connectivity index (χ4v) is 2.58. The van der Waals surface area contributed by atoms with E-state index in [0.29, 0.717) is 13.1 Å². The van der Waals surface area contributed by atoms with Crippen molar-refractivity contribution in [2.24, 2.45) is 0 Å². The van der Waals surface area contributed by atoms with E-state index in [-0.39, 0.29) is 24.2 Å². The molecule has 1 fully saturated rings. The zero-order valence-corrected chi connectivity index (χ0v) is 12.1. The van der Waals surface area contributed by atoms with Crippen molar-refractivity contribution in [2.75, 3.05) is 26.2 Å². The molecule has 0 saturated carbocycles. The number of hydrogen-bond acceptors (Lipinski definition) is 3. The van der Waals surface area contributed by atoms with Gasteiger partial charge in [0, 0.05) is 13.1 Å². The summed E-state index contributed by atoms with van der Waals surface area (Å²) in [6.07, 6.45) is 0.887. The zero-order chi connectivity index (χ0) is 15.2. The number of benzene rings is 1. The second-order valence-electron chi connectivity index (χ2n) is 5.18. The fourth-order valence-electron chi connectivity index (χ4n) is 2.58. The average Bonchev–Trinajstić information content (AvgIpc) is 2.87. The summed E-state index contributed by atoms with van der Waals surface area (Å²) in [6.45, 7) is 3.91. The van der Waals surface area contributed by atoms with Gasteiger partial charge in [0.2, 0.25) is 5.91 Å². The van der Waals surface area contributed by atoms with Gasteiger partial charge >= 0.3 is 6.03 Å². The number of urea groups is 1. The maximum Gasteiger partial charge on any atom is 0.321 e. The lowest BCUT2D eigenvalue weighted by Gasteiger charge is -2.15. The lowest BCUT2D eigenvalue weighted by Crippen LogP contribution is -2.44. The molecular weight excluding hydrogens is 273 g/mol. The average molecular weight is 293 g/mol. The van der Waals surface area contributed by atoms with Crippen LogP contribution in [-0.2, 0) is 4.79 Å². The van der Waals surface area contributed by atoms with E-state index in [9.17, 15) is 14.0 Å². The summed E-state index contributed by atoms with van der Waals surface area (Å²) < 4.78 is 13.2. The summed E-state index contributed by atoms with van der Waals surface area (Å²) in [4.78, 5) is 24.9. The van der Waals surface area contributed by atoms with E-state index in [4.69, 9.17) is 0 Å². The van der Waals surface area contributed by atoms with E-state index in [1.54, 1.807) is 19.1 Å². The monoisotopic (exact) mass is 293 g/mol. The molecule has 6 heteroatoms. The Morgan fingerprint density at radius 2 is 2.24 bits per heavy atom. The van der Waals surface area contributed by atoms with E-state index in [2.05, 4.69) is 10.6 Å². The molecular formula is C15H20FN3O2. The number of amides is 3. The van der Waals surface area contributed by atoms with Crippen LogP contribution in [0.25, 0.3) is 0 Å². The van der Waals surface area contributed by atoms with E-state index in [0.717, 1.165) is 18.5 Å². The molecule has 0 aliphatic carbocycles. The highest BCUT2D eigenvalue weighted by atomic mass is 19.1. The second kappa shape index (κ2) is 7.17. The van der Waals surface area contributed by atoms with Crippen molar-refractivity contribution in [1.29, 1.82) is 0 Å². The smallest absolute Gasteiger partial charge is 0.321 e. The van der Waals surface area contributed by atoms with E-state index in [1.807, 2.05) is 11.0 Å². The van der Waals surface area contributed by atoms with Crippen molar-refractivity contribution in [3.63, 3.8) is 0 Å². The lowest BCUT2D eigenvalue weighted by molar-refractivity contribution is -0.120. The minimum Gasteiger partial charge on any atom is -0.338 e. The summed E-state index contributed by atoms with van der Waals surface area (Å²) >= 11 is 0. The van der Waals surface area contributed by atoms with E-state index in [1.165, 1.54) is 6.07 Å². The van der Waals surface area contributed by atoms with E-state index < -0.39 is 6.03 Å². The van der Waals surface area contributed by atoms with Gasteiger partial charge in [0.15, 0.2) is 0 Å². The Hall–Kier alpha value is -1.95. The van der Waals surface area contributed by atoms with Crippen LogP contribution in [0.2, 0.25) is 0 Å². The Morgan fingerprint density at radius 1 is 1.43 bits per heavy atom. The minimum absolute atomic E-state index is 0.183. The predicted molar refractivity (Wildman–Crippen MR) is 77.4 cm³/mol. The number of carbonyl (C=O) groups excluding carboxylic acids is 2. The summed E-state index contributed by atoms with van der Waals surface area (Å²) in [5.74, 6) is -0.321. The molecule has 21 heavy (non-hydrogen) atoms. The van der Waals surface area contributed by atoms with Crippen LogP contribution in [0.15, 0.2) is 24.3 Å². The molecule has 1 saturated heterocycles. The first-order valence-corrected chi connectivity index (χ1v) is 7.14. The number of likely N-dealkylation sites (tertiary alicyclic amines) is 1. The molecule has 1 heterocycles. The van der Waals surface area contributed by atoms with Crippen LogP contribution in [0.5, 0.6) is 0 Å². The quantitative estimate of drug-likeness (QED) is 0.883.